The highest BCUT2D eigenvalue weighted by atomic mass is 35.5. The van der Waals surface area contributed by atoms with Gasteiger partial charge in [0.15, 0.2) is 9.84 Å². The third-order valence-electron chi connectivity index (χ3n) is 2.67. The number of amides is 2. The normalized spacial score (nSPS) is 21.5. The van der Waals surface area contributed by atoms with Gasteiger partial charge >= 0.3 is 6.03 Å². The standard InChI is InChI=1S/C11H13ClN2O3S/c12-8-1-3-9(4-2-8)13-11(15)14-10-5-6-18(16,17)7-10/h1-4,10H,5-7H2,(H2,13,14,15)/t10-/m1/s1. The lowest BCUT2D eigenvalue weighted by Crippen LogP contribution is -2.38. The molecule has 1 aromatic carbocycles. The average Bonchev–Trinajstić information content (AvgIpc) is 2.61. The first kappa shape index (κ1) is 13.2. The van der Waals surface area contributed by atoms with Gasteiger partial charge in [0, 0.05) is 16.8 Å². The first-order valence-corrected chi connectivity index (χ1v) is 7.68. The van der Waals surface area contributed by atoms with E-state index in [1.165, 1.54) is 0 Å². The summed E-state index contributed by atoms with van der Waals surface area (Å²) in [7, 11) is -2.98. The molecule has 0 radical (unpaired) electrons. The van der Waals surface area contributed by atoms with E-state index in [1.807, 2.05) is 0 Å². The highest BCUT2D eigenvalue weighted by Gasteiger charge is 2.28. The molecule has 0 saturated carbocycles. The fourth-order valence-corrected chi connectivity index (χ4v) is 3.59. The summed E-state index contributed by atoms with van der Waals surface area (Å²) in [5.41, 5.74) is 0.609. The molecular formula is C11H13ClN2O3S. The summed E-state index contributed by atoms with van der Waals surface area (Å²) in [6.07, 6.45) is 0.469. The lowest BCUT2D eigenvalue weighted by atomic mass is 10.3. The zero-order valence-corrected chi connectivity index (χ0v) is 11.1. The number of carbonyl (C=O) groups excluding carboxylic acids is 1. The Balaban J connectivity index is 1.88. The number of anilines is 1. The van der Waals surface area contributed by atoms with E-state index in [1.54, 1.807) is 24.3 Å². The Kier molecular flexibility index (Phi) is 3.77. The minimum Gasteiger partial charge on any atom is -0.334 e. The van der Waals surface area contributed by atoms with Gasteiger partial charge in [0.05, 0.1) is 11.5 Å². The third-order valence-corrected chi connectivity index (χ3v) is 4.69. The Morgan fingerprint density at radius 1 is 1.28 bits per heavy atom. The van der Waals surface area contributed by atoms with Gasteiger partial charge in [-0.1, -0.05) is 11.6 Å². The zero-order chi connectivity index (χ0) is 13.2. The van der Waals surface area contributed by atoms with Crippen molar-refractivity contribution in [3.8, 4) is 0 Å². The minimum absolute atomic E-state index is 0.0149. The average molecular weight is 289 g/mol. The van der Waals surface area contributed by atoms with Crippen molar-refractivity contribution in [2.24, 2.45) is 0 Å². The van der Waals surface area contributed by atoms with Gasteiger partial charge in [-0.2, -0.15) is 0 Å². The van der Waals surface area contributed by atoms with E-state index in [9.17, 15) is 13.2 Å². The summed E-state index contributed by atoms with van der Waals surface area (Å²) >= 11 is 5.72. The predicted molar refractivity (Wildman–Crippen MR) is 70.7 cm³/mol. The van der Waals surface area contributed by atoms with Crippen LogP contribution in [0.1, 0.15) is 6.42 Å². The van der Waals surface area contributed by atoms with Crippen LogP contribution >= 0.6 is 11.6 Å². The van der Waals surface area contributed by atoms with Crippen LogP contribution in [0.2, 0.25) is 5.02 Å². The monoisotopic (exact) mass is 288 g/mol. The largest absolute Gasteiger partial charge is 0.334 e. The molecule has 0 aromatic heterocycles. The van der Waals surface area contributed by atoms with Crippen LogP contribution in [0.4, 0.5) is 10.5 Å². The topological polar surface area (TPSA) is 75.3 Å². The number of nitrogens with one attached hydrogen (secondary N) is 2. The highest BCUT2D eigenvalue weighted by Crippen LogP contribution is 2.14. The van der Waals surface area contributed by atoms with Gasteiger partial charge < -0.3 is 10.6 Å². The molecule has 7 heteroatoms. The van der Waals surface area contributed by atoms with Crippen molar-refractivity contribution in [3.63, 3.8) is 0 Å². The summed E-state index contributed by atoms with van der Waals surface area (Å²) in [5, 5.41) is 5.84. The van der Waals surface area contributed by atoms with Crippen molar-refractivity contribution in [1.29, 1.82) is 0 Å². The first-order valence-electron chi connectivity index (χ1n) is 5.48. The Morgan fingerprint density at radius 2 is 1.94 bits per heavy atom. The maximum absolute atomic E-state index is 11.6. The molecule has 2 amide bonds. The highest BCUT2D eigenvalue weighted by molar-refractivity contribution is 7.91. The first-order chi connectivity index (χ1) is 8.44. The molecule has 0 unspecified atom stereocenters. The Bertz CT molecular complexity index is 542. The SMILES string of the molecule is O=C(Nc1ccc(Cl)cc1)N[C@@H]1CCS(=O)(=O)C1. The van der Waals surface area contributed by atoms with Crippen molar-refractivity contribution in [1.82, 2.24) is 5.32 Å². The van der Waals surface area contributed by atoms with Crippen molar-refractivity contribution in [2.45, 2.75) is 12.5 Å². The molecule has 1 aromatic rings. The number of carbonyl (C=O) groups is 1. The van der Waals surface area contributed by atoms with Crippen LogP contribution in [0.5, 0.6) is 0 Å². The van der Waals surface area contributed by atoms with Gasteiger partial charge in [0.25, 0.3) is 0 Å². The van der Waals surface area contributed by atoms with Crippen LogP contribution in [0.25, 0.3) is 0 Å². The summed E-state index contributed by atoms with van der Waals surface area (Å²) in [5.74, 6) is 0.153. The molecule has 0 aliphatic carbocycles. The molecule has 1 aliphatic rings. The Morgan fingerprint density at radius 3 is 2.50 bits per heavy atom. The summed E-state index contributed by atoms with van der Waals surface area (Å²) in [4.78, 5) is 11.6. The van der Waals surface area contributed by atoms with E-state index in [4.69, 9.17) is 11.6 Å². The zero-order valence-electron chi connectivity index (χ0n) is 9.52. The molecule has 5 nitrogen and oxygen atoms in total. The Hall–Kier alpha value is -1.27. The second-order valence-electron chi connectivity index (χ2n) is 4.21. The van der Waals surface area contributed by atoms with Gasteiger partial charge in [-0.05, 0) is 30.7 Å². The molecule has 2 rings (SSSR count). The summed E-state index contributed by atoms with van der Waals surface area (Å²) < 4.78 is 22.5. The molecule has 0 bridgehead atoms. The summed E-state index contributed by atoms with van der Waals surface area (Å²) in [6.45, 7) is 0. The third kappa shape index (κ3) is 3.61. The number of halogens is 1. The number of hydrogen-bond acceptors (Lipinski definition) is 3. The molecule has 18 heavy (non-hydrogen) atoms. The minimum atomic E-state index is -2.98. The molecular weight excluding hydrogens is 276 g/mol. The van der Waals surface area contributed by atoms with Crippen LogP contribution in [0.3, 0.4) is 0 Å². The van der Waals surface area contributed by atoms with Crippen molar-refractivity contribution in [3.05, 3.63) is 29.3 Å². The molecule has 1 aliphatic heterocycles. The van der Waals surface area contributed by atoms with Crippen molar-refractivity contribution < 1.29 is 13.2 Å². The van der Waals surface area contributed by atoms with E-state index < -0.39 is 15.9 Å². The fraction of sp³-hybridized carbons (Fsp3) is 0.364. The summed E-state index contributed by atoms with van der Waals surface area (Å²) in [6, 6.07) is 5.97. The van der Waals surface area contributed by atoms with Gasteiger partial charge in [-0.15, -0.1) is 0 Å². The lowest BCUT2D eigenvalue weighted by Gasteiger charge is -2.11. The second kappa shape index (κ2) is 5.16. The fourth-order valence-electron chi connectivity index (χ4n) is 1.79. The van der Waals surface area contributed by atoms with Crippen LogP contribution in [0, 0.1) is 0 Å². The number of sulfone groups is 1. The van der Waals surface area contributed by atoms with E-state index in [-0.39, 0.29) is 17.5 Å². The van der Waals surface area contributed by atoms with Crippen LogP contribution < -0.4 is 10.6 Å². The van der Waals surface area contributed by atoms with Gasteiger partial charge in [-0.25, -0.2) is 13.2 Å². The molecule has 98 valence electrons. The van der Waals surface area contributed by atoms with E-state index in [0.717, 1.165) is 0 Å². The number of rotatable bonds is 2. The molecule has 1 fully saturated rings. The van der Waals surface area contributed by atoms with Gasteiger partial charge in [-0.3, -0.25) is 0 Å². The van der Waals surface area contributed by atoms with Gasteiger partial charge in [0.2, 0.25) is 0 Å². The van der Waals surface area contributed by atoms with Crippen molar-refractivity contribution in [2.75, 3.05) is 16.8 Å². The van der Waals surface area contributed by atoms with Crippen LogP contribution in [0.15, 0.2) is 24.3 Å². The smallest absolute Gasteiger partial charge is 0.319 e. The molecule has 1 saturated heterocycles. The quantitative estimate of drug-likeness (QED) is 0.869. The van der Waals surface area contributed by atoms with Gasteiger partial charge in [0.1, 0.15) is 0 Å². The van der Waals surface area contributed by atoms with E-state index in [2.05, 4.69) is 10.6 Å². The van der Waals surface area contributed by atoms with Crippen LogP contribution in [-0.4, -0.2) is 32.0 Å². The maximum Gasteiger partial charge on any atom is 0.319 e. The lowest BCUT2D eigenvalue weighted by molar-refractivity contribution is 0.249. The molecule has 2 N–H and O–H groups in total. The van der Waals surface area contributed by atoms with E-state index in [0.29, 0.717) is 17.1 Å². The van der Waals surface area contributed by atoms with Crippen molar-refractivity contribution >= 4 is 33.2 Å². The number of urea groups is 1. The van der Waals surface area contributed by atoms with E-state index >= 15 is 0 Å². The molecule has 1 heterocycles. The van der Waals surface area contributed by atoms with Crippen LogP contribution in [-0.2, 0) is 9.84 Å². The number of hydrogen-bond donors (Lipinski definition) is 2. The second-order valence-corrected chi connectivity index (χ2v) is 6.87. The number of benzene rings is 1. The molecule has 0 spiro atoms. The Labute approximate surface area is 110 Å². The maximum atomic E-state index is 11.6. The predicted octanol–water partition coefficient (Wildman–Crippen LogP) is 1.65. The molecule has 1 atom stereocenters.